The lowest BCUT2D eigenvalue weighted by Crippen LogP contribution is -1.96. The second kappa shape index (κ2) is 37.5. The lowest BCUT2D eigenvalue weighted by molar-refractivity contribution is -0.137. The summed E-state index contributed by atoms with van der Waals surface area (Å²) in [5, 5.41) is 8.64. The van der Waals surface area contributed by atoms with Gasteiger partial charge in [0.1, 0.15) is 0 Å². The number of rotatable bonds is 37. The van der Waals surface area contributed by atoms with E-state index in [-0.39, 0.29) is 0 Å². The molecule has 0 saturated carbocycles. The number of unbranched alkanes of at least 4 members (excludes halogenated alkanes) is 31. The molecule has 0 atom stereocenters. The smallest absolute Gasteiger partial charge is 0.303 e. The number of hydrogen-bond acceptors (Lipinski definition) is 2. The standard InChI is InChI=1S/C38H76O3/c1-2-3-33-36-41-37-34-31-29-27-25-23-21-19-17-15-13-11-9-7-5-4-6-8-10-12-14-16-18-20-22-24-26-28-30-32-35-38(39)40/h2-37H2,1H3,(H,39,40). The van der Waals surface area contributed by atoms with Gasteiger partial charge >= 0.3 is 5.97 Å². The Kier molecular flexibility index (Phi) is 36.9. The van der Waals surface area contributed by atoms with Crippen LogP contribution in [0, 0.1) is 0 Å². The quantitative estimate of drug-likeness (QED) is 0.0743. The molecule has 41 heavy (non-hydrogen) atoms. The van der Waals surface area contributed by atoms with Crippen LogP contribution >= 0.6 is 0 Å². The highest BCUT2D eigenvalue weighted by Gasteiger charge is 1.98. The highest BCUT2D eigenvalue weighted by molar-refractivity contribution is 5.66. The summed E-state index contributed by atoms with van der Waals surface area (Å²) in [7, 11) is 0. The van der Waals surface area contributed by atoms with Gasteiger partial charge in [0.25, 0.3) is 0 Å². The van der Waals surface area contributed by atoms with Crippen molar-refractivity contribution >= 4 is 5.97 Å². The van der Waals surface area contributed by atoms with Gasteiger partial charge in [0, 0.05) is 19.6 Å². The second-order valence-electron chi connectivity index (χ2n) is 13.1. The van der Waals surface area contributed by atoms with Gasteiger partial charge in [-0.2, -0.15) is 0 Å². The minimum Gasteiger partial charge on any atom is -0.481 e. The van der Waals surface area contributed by atoms with Crippen LogP contribution in [0.5, 0.6) is 0 Å². The van der Waals surface area contributed by atoms with Crippen LogP contribution in [0.4, 0.5) is 0 Å². The first-order valence-electron chi connectivity index (χ1n) is 19.1. The predicted octanol–water partition coefficient (Wildman–Crippen LogP) is 13.4. The Morgan fingerprint density at radius 1 is 0.366 bits per heavy atom. The molecule has 1 N–H and O–H groups in total. The topological polar surface area (TPSA) is 46.5 Å². The van der Waals surface area contributed by atoms with E-state index in [0.717, 1.165) is 26.1 Å². The number of aliphatic carboxylic acids is 1. The molecule has 0 fully saturated rings. The highest BCUT2D eigenvalue weighted by atomic mass is 16.5. The zero-order valence-electron chi connectivity index (χ0n) is 28.2. The van der Waals surface area contributed by atoms with Crippen LogP contribution in [0.3, 0.4) is 0 Å². The molecule has 0 aromatic rings. The summed E-state index contributed by atoms with van der Waals surface area (Å²) in [6, 6.07) is 0. The molecule has 0 bridgehead atoms. The average Bonchev–Trinajstić information content (AvgIpc) is 2.97. The van der Waals surface area contributed by atoms with E-state index in [2.05, 4.69) is 6.92 Å². The molecule has 0 radical (unpaired) electrons. The Bertz CT molecular complexity index is 478. The zero-order chi connectivity index (χ0) is 29.7. The largest absolute Gasteiger partial charge is 0.481 e. The first-order chi connectivity index (χ1) is 20.3. The molecular weight excluding hydrogens is 504 g/mol. The van der Waals surface area contributed by atoms with Gasteiger partial charge in [0.2, 0.25) is 0 Å². The van der Waals surface area contributed by atoms with Crippen molar-refractivity contribution in [2.75, 3.05) is 13.2 Å². The molecule has 0 aromatic heterocycles. The van der Waals surface area contributed by atoms with Gasteiger partial charge in [0.15, 0.2) is 0 Å². The van der Waals surface area contributed by atoms with E-state index < -0.39 is 5.97 Å². The molecule has 0 aromatic carbocycles. The van der Waals surface area contributed by atoms with Crippen molar-refractivity contribution in [2.45, 2.75) is 225 Å². The molecule has 0 spiro atoms. The van der Waals surface area contributed by atoms with E-state index in [1.807, 2.05) is 0 Å². The Morgan fingerprint density at radius 2 is 0.585 bits per heavy atom. The molecule has 0 unspecified atom stereocenters. The van der Waals surface area contributed by atoms with E-state index >= 15 is 0 Å². The van der Waals surface area contributed by atoms with Crippen molar-refractivity contribution < 1.29 is 14.6 Å². The van der Waals surface area contributed by atoms with Crippen LogP contribution in [-0.4, -0.2) is 24.3 Å². The second-order valence-corrected chi connectivity index (χ2v) is 13.1. The van der Waals surface area contributed by atoms with E-state index in [9.17, 15) is 4.79 Å². The monoisotopic (exact) mass is 581 g/mol. The van der Waals surface area contributed by atoms with Gasteiger partial charge in [0.05, 0.1) is 0 Å². The molecular formula is C38H76O3. The summed E-state index contributed by atoms with van der Waals surface area (Å²) in [6.45, 7) is 4.20. The molecule has 0 saturated heterocycles. The Labute approximate surface area is 258 Å². The van der Waals surface area contributed by atoms with Crippen molar-refractivity contribution in [3.63, 3.8) is 0 Å². The number of carbonyl (C=O) groups is 1. The number of hydrogen-bond donors (Lipinski definition) is 1. The summed E-state index contributed by atoms with van der Waals surface area (Å²) in [5.41, 5.74) is 0. The molecule has 0 heterocycles. The third kappa shape index (κ3) is 39.4. The molecule has 3 heteroatoms. The third-order valence-corrected chi connectivity index (χ3v) is 8.82. The van der Waals surface area contributed by atoms with Gasteiger partial charge in [-0.1, -0.05) is 200 Å². The van der Waals surface area contributed by atoms with Crippen molar-refractivity contribution in [1.82, 2.24) is 0 Å². The van der Waals surface area contributed by atoms with Gasteiger partial charge in [-0.25, -0.2) is 0 Å². The summed E-state index contributed by atoms with van der Waals surface area (Å²) < 4.78 is 5.70. The SMILES string of the molecule is CCCCCOCCCCCCCCCCCCCCCCCCCCCCCCCCCCCCCCC(=O)O. The van der Waals surface area contributed by atoms with E-state index in [0.29, 0.717) is 6.42 Å². The van der Waals surface area contributed by atoms with E-state index in [1.54, 1.807) is 0 Å². The van der Waals surface area contributed by atoms with Crippen molar-refractivity contribution in [3.05, 3.63) is 0 Å². The lowest BCUT2D eigenvalue weighted by Gasteiger charge is -2.05. The minimum absolute atomic E-state index is 0.345. The zero-order valence-corrected chi connectivity index (χ0v) is 28.2. The number of carboxylic acids is 1. The number of carboxylic acid groups (broad SMARTS) is 1. The van der Waals surface area contributed by atoms with Crippen LogP contribution in [-0.2, 0) is 9.53 Å². The van der Waals surface area contributed by atoms with E-state index in [4.69, 9.17) is 9.84 Å². The predicted molar refractivity (Wildman–Crippen MR) is 181 cm³/mol. The first kappa shape index (κ1) is 40.4. The molecule has 0 amide bonds. The van der Waals surface area contributed by atoms with Crippen LogP contribution in [0.2, 0.25) is 0 Å². The fourth-order valence-electron chi connectivity index (χ4n) is 5.99. The normalized spacial score (nSPS) is 11.4. The maximum absolute atomic E-state index is 10.5. The van der Waals surface area contributed by atoms with Crippen molar-refractivity contribution in [2.24, 2.45) is 0 Å². The first-order valence-corrected chi connectivity index (χ1v) is 19.1. The maximum atomic E-state index is 10.5. The van der Waals surface area contributed by atoms with Crippen LogP contribution in [0.25, 0.3) is 0 Å². The molecule has 246 valence electrons. The lowest BCUT2D eigenvalue weighted by atomic mass is 10.0. The summed E-state index contributed by atoms with van der Waals surface area (Å²) >= 11 is 0. The molecule has 0 aliphatic rings. The van der Waals surface area contributed by atoms with Gasteiger partial charge in [-0.15, -0.1) is 0 Å². The Morgan fingerprint density at radius 3 is 0.829 bits per heavy atom. The van der Waals surface area contributed by atoms with Gasteiger partial charge < -0.3 is 9.84 Å². The van der Waals surface area contributed by atoms with Crippen LogP contribution in [0.15, 0.2) is 0 Å². The van der Waals surface area contributed by atoms with Crippen molar-refractivity contribution in [3.8, 4) is 0 Å². The molecule has 0 aliphatic heterocycles. The number of ether oxygens (including phenoxy) is 1. The summed E-state index contributed by atoms with van der Waals surface area (Å²) in [5.74, 6) is -0.649. The Balaban J connectivity index is 3.03. The minimum atomic E-state index is -0.649. The van der Waals surface area contributed by atoms with Crippen LogP contribution < -0.4 is 0 Å². The molecule has 3 nitrogen and oxygen atoms in total. The fourth-order valence-corrected chi connectivity index (χ4v) is 5.99. The van der Waals surface area contributed by atoms with Crippen LogP contribution in [0.1, 0.15) is 225 Å². The summed E-state index contributed by atoms with van der Waals surface area (Å²) in [6.07, 6.45) is 45.8. The fraction of sp³-hybridized carbons (Fsp3) is 0.974. The third-order valence-electron chi connectivity index (χ3n) is 8.82. The van der Waals surface area contributed by atoms with Crippen molar-refractivity contribution in [1.29, 1.82) is 0 Å². The van der Waals surface area contributed by atoms with E-state index in [1.165, 1.54) is 199 Å². The average molecular weight is 581 g/mol. The Hall–Kier alpha value is -0.570. The summed E-state index contributed by atoms with van der Waals surface area (Å²) in [4.78, 5) is 10.5. The highest BCUT2D eigenvalue weighted by Crippen LogP contribution is 2.16. The van der Waals surface area contributed by atoms with Gasteiger partial charge in [-0.05, 0) is 19.3 Å². The van der Waals surface area contributed by atoms with Gasteiger partial charge in [-0.3, -0.25) is 4.79 Å². The maximum Gasteiger partial charge on any atom is 0.303 e. The molecule has 0 aliphatic carbocycles. The molecule has 0 rings (SSSR count).